The van der Waals surface area contributed by atoms with Gasteiger partial charge in [-0.1, -0.05) is 30.3 Å². The Bertz CT molecular complexity index is 435. The van der Waals surface area contributed by atoms with Crippen LogP contribution in [-0.4, -0.2) is 28.4 Å². The average molecular weight is 279 g/mol. The summed E-state index contributed by atoms with van der Waals surface area (Å²) < 4.78 is 5.21. The molecule has 0 radical (unpaired) electrons. The third-order valence-electron chi connectivity index (χ3n) is 2.93. The second kappa shape index (κ2) is 6.27. The quantitative estimate of drug-likeness (QED) is 0.891. The predicted molar refractivity (Wildman–Crippen MR) is 79.6 cm³/mol. The molecule has 0 fully saturated rings. The maximum absolute atomic E-state index is 11.8. The predicted octanol–water partition coefficient (Wildman–Crippen LogP) is 2.89. The lowest BCUT2D eigenvalue weighted by molar-refractivity contribution is 0.0295. The Kier molecular flexibility index (Phi) is 5.17. The average Bonchev–Trinajstić information content (AvgIpc) is 2.26. The highest BCUT2D eigenvalue weighted by atomic mass is 16.6. The van der Waals surface area contributed by atoms with Crippen molar-refractivity contribution in [2.45, 2.75) is 58.3 Å². The molecule has 1 amide bonds. The fraction of sp³-hybridized carbons (Fsp3) is 0.562. The number of aliphatic hydroxyl groups is 1. The molecule has 1 aromatic rings. The number of aliphatic hydroxyl groups excluding tert-OH is 1. The maximum atomic E-state index is 11.8. The number of carbonyl (C=O) groups excluding carboxylic acids is 1. The highest BCUT2D eigenvalue weighted by Gasteiger charge is 2.31. The summed E-state index contributed by atoms with van der Waals surface area (Å²) in [7, 11) is 0. The number of hydrogen-bond acceptors (Lipinski definition) is 3. The summed E-state index contributed by atoms with van der Waals surface area (Å²) in [6, 6.07) is 9.69. The van der Waals surface area contributed by atoms with Crippen LogP contribution in [0.1, 0.15) is 40.2 Å². The molecule has 1 unspecified atom stereocenters. The molecule has 0 spiro atoms. The molecule has 0 bridgehead atoms. The molecule has 0 saturated carbocycles. The van der Waals surface area contributed by atoms with Crippen LogP contribution in [0, 0.1) is 0 Å². The van der Waals surface area contributed by atoms with Crippen LogP contribution in [-0.2, 0) is 11.2 Å². The molecular weight excluding hydrogens is 254 g/mol. The lowest BCUT2D eigenvalue weighted by Crippen LogP contribution is -2.54. The van der Waals surface area contributed by atoms with Gasteiger partial charge in [0.1, 0.15) is 5.60 Å². The first-order chi connectivity index (χ1) is 9.10. The summed E-state index contributed by atoms with van der Waals surface area (Å²) in [6.07, 6.45) is -0.740. The summed E-state index contributed by atoms with van der Waals surface area (Å²) in [6.45, 7) is 8.98. The fourth-order valence-electron chi connectivity index (χ4n) is 1.74. The Labute approximate surface area is 121 Å². The minimum Gasteiger partial charge on any atom is -0.444 e. The maximum Gasteiger partial charge on any atom is 0.408 e. The first kappa shape index (κ1) is 16.5. The van der Waals surface area contributed by atoms with Crippen molar-refractivity contribution in [3.05, 3.63) is 35.9 Å². The third kappa shape index (κ3) is 5.61. The summed E-state index contributed by atoms with van der Waals surface area (Å²) in [5, 5.41) is 13.0. The number of hydrogen-bond donors (Lipinski definition) is 2. The van der Waals surface area contributed by atoms with Gasteiger partial charge in [-0.15, -0.1) is 0 Å². The van der Waals surface area contributed by atoms with Crippen LogP contribution >= 0.6 is 0 Å². The van der Waals surface area contributed by atoms with Gasteiger partial charge >= 0.3 is 6.09 Å². The first-order valence-electron chi connectivity index (χ1n) is 6.83. The van der Waals surface area contributed by atoms with Crippen molar-refractivity contribution in [3.8, 4) is 0 Å². The molecule has 1 rings (SSSR count). The number of nitrogens with one attached hydrogen (secondary N) is 1. The smallest absolute Gasteiger partial charge is 0.408 e. The number of amides is 1. The summed E-state index contributed by atoms with van der Waals surface area (Å²) in [4.78, 5) is 11.8. The Hall–Kier alpha value is -1.55. The molecule has 0 aromatic heterocycles. The number of ether oxygens (including phenoxy) is 1. The number of carbonyl (C=O) groups is 1. The SMILES string of the molecule is CC(C)(C)OC(=O)NC(C)(C)C(O)Cc1ccccc1. The van der Waals surface area contributed by atoms with Crippen LogP contribution < -0.4 is 5.32 Å². The van der Waals surface area contributed by atoms with E-state index in [1.54, 1.807) is 34.6 Å². The van der Waals surface area contributed by atoms with Gasteiger partial charge < -0.3 is 15.2 Å². The third-order valence-corrected chi connectivity index (χ3v) is 2.93. The van der Waals surface area contributed by atoms with Crippen LogP contribution in [0.5, 0.6) is 0 Å². The minimum absolute atomic E-state index is 0.476. The van der Waals surface area contributed by atoms with Gasteiger partial charge in [-0.3, -0.25) is 0 Å². The summed E-state index contributed by atoms with van der Waals surface area (Å²) in [5.41, 5.74) is -0.290. The van der Waals surface area contributed by atoms with Crippen molar-refractivity contribution in [2.75, 3.05) is 0 Å². The monoisotopic (exact) mass is 279 g/mol. The largest absolute Gasteiger partial charge is 0.444 e. The van der Waals surface area contributed by atoms with Gasteiger partial charge in [-0.25, -0.2) is 4.79 Å². The summed E-state index contributed by atoms with van der Waals surface area (Å²) >= 11 is 0. The van der Waals surface area contributed by atoms with E-state index in [2.05, 4.69) is 5.32 Å². The number of rotatable bonds is 4. The fourth-order valence-corrected chi connectivity index (χ4v) is 1.74. The van der Waals surface area contributed by atoms with E-state index in [9.17, 15) is 9.90 Å². The molecular formula is C16H25NO3. The molecule has 4 heteroatoms. The van der Waals surface area contributed by atoms with Crippen molar-refractivity contribution in [3.63, 3.8) is 0 Å². The van der Waals surface area contributed by atoms with E-state index in [0.717, 1.165) is 5.56 Å². The van der Waals surface area contributed by atoms with Crippen molar-refractivity contribution >= 4 is 6.09 Å². The van der Waals surface area contributed by atoms with Crippen LogP contribution in [0.2, 0.25) is 0 Å². The van der Waals surface area contributed by atoms with E-state index in [-0.39, 0.29) is 0 Å². The van der Waals surface area contributed by atoms with Gasteiger partial charge in [0.2, 0.25) is 0 Å². The van der Waals surface area contributed by atoms with Gasteiger partial charge in [-0.05, 0) is 40.2 Å². The molecule has 0 saturated heterocycles. The second-order valence-electron chi connectivity index (χ2n) is 6.55. The highest BCUT2D eigenvalue weighted by Crippen LogP contribution is 2.16. The highest BCUT2D eigenvalue weighted by molar-refractivity contribution is 5.68. The van der Waals surface area contributed by atoms with Crippen molar-refractivity contribution in [2.24, 2.45) is 0 Å². The van der Waals surface area contributed by atoms with Crippen molar-refractivity contribution in [1.29, 1.82) is 0 Å². The summed E-state index contributed by atoms with van der Waals surface area (Å²) in [5.74, 6) is 0. The lowest BCUT2D eigenvalue weighted by Gasteiger charge is -2.32. The molecule has 2 N–H and O–H groups in total. The van der Waals surface area contributed by atoms with Crippen LogP contribution in [0.15, 0.2) is 30.3 Å². The standard InChI is InChI=1S/C16H25NO3/c1-15(2,3)20-14(19)17-16(4,5)13(18)11-12-9-7-6-8-10-12/h6-10,13,18H,11H2,1-5H3,(H,17,19). The Morgan fingerprint density at radius 3 is 2.25 bits per heavy atom. The molecule has 1 atom stereocenters. The van der Waals surface area contributed by atoms with Gasteiger partial charge in [-0.2, -0.15) is 0 Å². The number of benzene rings is 1. The molecule has 0 aliphatic heterocycles. The van der Waals surface area contributed by atoms with E-state index < -0.39 is 23.3 Å². The number of alkyl carbamates (subject to hydrolysis) is 1. The Morgan fingerprint density at radius 1 is 1.20 bits per heavy atom. The first-order valence-corrected chi connectivity index (χ1v) is 6.83. The van der Waals surface area contributed by atoms with Crippen molar-refractivity contribution in [1.82, 2.24) is 5.32 Å². The van der Waals surface area contributed by atoms with E-state index in [4.69, 9.17) is 4.74 Å². The van der Waals surface area contributed by atoms with Crippen molar-refractivity contribution < 1.29 is 14.6 Å². The molecule has 0 aliphatic rings. The van der Waals surface area contributed by atoms with Crippen LogP contribution in [0.4, 0.5) is 4.79 Å². The zero-order chi connectivity index (χ0) is 15.4. The Balaban J connectivity index is 2.61. The van der Waals surface area contributed by atoms with Crippen LogP contribution in [0.3, 0.4) is 0 Å². The van der Waals surface area contributed by atoms with E-state index in [0.29, 0.717) is 6.42 Å². The molecule has 0 heterocycles. The second-order valence-corrected chi connectivity index (χ2v) is 6.55. The van der Waals surface area contributed by atoms with Gasteiger partial charge in [0.15, 0.2) is 0 Å². The molecule has 4 nitrogen and oxygen atoms in total. The zero-order valence-electron chi connectivity index (χ0n) is 12.9. The molecule has 0 aliphatic carbocycles. The lowest BCUT2D eigenvalue weighted by atomic mass is 9.92. The van der Waals surface area contributed by atoms with E-state index in [1.807, 2.05) is 30.3 Å². The molecule has 112 valence electrons. The Morgan fingerprint density at radius 2 is 1.75 bits per heavy atom. The molecule has 1 aromatic carbocycles. The normalized spacial score (nSPS) is 13.7. The molecule has 20 heavy (non-hydrogen) atoms. The van der Waals surface area contributed by atoms with E-state index >= 15 is 0 Å². The topological polar surface area (TPSA) is 58.6 Å². The van der Waals surface area contributed by atoms with Crippen LogP contribution in [0.25, 0.3) is 0 Å². The van der Waals surface area contributed by atoms with Gasteiger partial charge in [0.05, 0.1) is 11.6 Å². The van der Waals surface area contributed by atoms with Gasteiger partial charge in [0, 0.05) is 6.42 Å². The minimum atomic E-state index is -0.766. The van der Waals surface area contributed by atoms with E-state index in [1.165, 1.54) is 0 Å². The van der Waals surface area contributed by atoms with Gasteiger partial charge in [0.25, 0.3) is 0 Å². The zero-order valence-corrected chi connectivity index (χ0v) is 12.9.